The van der Waals surface area contributed by atoms with Gasteiger partial charge in [0.1, 0.15) is 12.3 Å². The number of likely N-dealkylation sites (tertiary alicyclic amines) is 1. The Bertz CT molecular complexity index is 1170. The van der Waals surface area contributed by atoms with Crippen LogP contribution >= 0.6 is 0 Å². The zero-order valence-corrected chi connectivity index (χ0v) is 20.6. The van der Waals surface area contributed by atoms with Crippen molar-refractivity contribution in [1.82, 2.24) is 19.4 Å². The van der Waals surface area contributed by atoms with E-state index in [4.69, 9.17) is 0 Å². The first kappa shape index (κ1) is 24.0. The summed E-state index contributed by atoms with van der Waals surface area (Å²) in [5.74, 6) is 0.313. The highest BCUT2D eigenvalue weighted by Gasteiger charge is 2.31. The van der Waals surface area contributed by atoms with E-state index in [0.29, 0.717) is 18.4 Å². The molecule has 2 aromatic rings. The van der Waals surface area contributed by atoms with E-state index in [-0.39, 0.29) is 23.9 Å². The van der Waals surface area contributed by atoms with Crippen LogP contribution in [0.3, 0.4) is 0 Å². The van der Waals surface area contributed by atoms with Gasteiger partial charge in [0.2, 0.25) is 11.8 Å². The third kappa shape index (κ3) is 4.85. The van der Waals surface area contributed by atoms with Gasteiger partial charge in [0.25, 0.3) is 0 Å². The first-order chi connectivity index (χ1) is 16.9. The van der Waals surface area contributed by atoms with E-state index in [1.165, 1.54) is 18.4 Å². The van der Waals surface area contributed by atoms with E-state index in [1.807, 2.05) is 6.07 Å². The number of nitrogens with one attached hydrogen (secondary N) is 1. The van der Waals surface area contributed by atoms with Gasteiger partial charge in [0.15, 0.2) is 0 Å². The highest BCUT2D eigenvalue weighted by Crippen LogP contribution is 2.31. The number of benzene rings is 1. The number of carbonyl (C=O) groups is 3. The third-order valence-corrected chi connectivity index (χ3v) is 8.62. The van der Waals surface area contributed by atoms with E-state index in [2.05, 4.69) is 22.3 Å². The Morgan fingerprint density at radius 1 is 0.971 bits per heavy atom. The van der Waals surface area contributed by atoms with Crippen LogP contribution in [0.2, 0.25) is 0 Å². The summed E-state index contributed by atoms with van der Waals surface area (Å²) in [7, 11) is 1.75. The van der Waals surface area contributed by atoms with E-state index in [1.54, 1.807) is 16.2 Å². The Labute approximate surface area is 205 Å². The van der Waals surface area contributed by atoms with Crippen LogP contribution in [0.25, 0.3) is 11.0 Å². The van der Waals surface area contributed by atoms with Crippen LogP contribution in [-0.4, -0.2) is 51.3 Å². The summed E-state index contributed by atoms with van der Waals surface area (Å²) < 4.78 is 3.15. The van der Waals surface area contributed by atoms with Crippen molar-refractivity contribution in [3.8, 4) is 0 Å². The number of aldehydes is 1. The van der Waals surface area contributed by atoms with Crippen molar-refractivity contribution in [3.63, 3.8) is 0 Å². The Hall–Kier alpha value is -2.74. The zero-order chi connectivity index (χ0) is 24.5. The zero-order valence-electron chi connectivity index (χ0n) is 20.6. The fourth-order valence-corrected chi connectivity index (χ4v) is 6.37. The van der Waals surface area contributed by atoms with Crippen LogP contribution in [0.15, 0.2) is 23.0 Å². The lowest BCUT2D eigenvalue weighted by Gasteiger charge is -2.40. The van der Waals surface area contributed by atoms with Crippen molar-refractivity contribution in [3.05, 3.63) is 34.2 Å². The first-order valence-corrected chi connectivity index (χ1v) is 13.2. The molecule has 1 saturated carbocycles. The average Bonchev–Trinajstić information content (AvgIpc) is 3.12. The second-order valence-electron chi connectivity index (χ2n) is 10.7. The number of nitrogens with zero attached hydrogens (tertiary/aromatic N) is 3. The van der Waals surface area contributed by atoms with Gasteiger partial charge in [-0.25, -0.2) is 4.79 Å². The quantitative estimate of drug-likeness (QED) is 0.507. The van der Waals surface area contributed by atoms with Gasteiger partial charge in [0.05, 0.1) is 11.0 Å². The number of imidazole rings is 1. The molecule has 2 amide bonds. The maximum atomic E-state index is 13.0. The lowest BCUT2D eigenvalue weighted by Crippen LogP contribution is -2.44. The highest BCUT2D eigenvalue weighted by molar-refractivity contribution is 6.00. The lowest BCUT2D eigenvalue weighted by atomic mass is 9.84. The van der Waals surface area contributed by atoms with Gasteiger partial charge in [-0.15, -0.1) is 0 Å². The van der Waals surface area contributed by atoms with Crippen LogP contribution < -0.4 is 11.0 Å². The Kier molecular flexibility index (Phi) is 6.91. The second kappa shape index (κ2) is 10.1. The van der Waals surface area contributed by atoms with Gasteiger partial charge >= 0.3 is 5.69 Å². The van der Waals surface area contributed by atoms with Crippen molar-refractivity contribution >= 4 is 29.1 Å². The van der Waals surface area contributed by atoms with Crippen LogP contribution in [0, 0.1) is 11.8 Å². The lowest BCUT2D eigenvalue weighted by molar-refractivity contribution is -0.135. The number of imide groups is 1. The highest BCUT2D eigenvalue weighted by atomic mass is 16.2. The third-order valence-electron chi connectivity index (χ3n) is 8.62. The fourth-order valence-electron chi connectivity index (χ4n) is 6.37. The molecule has 0 spiro atoms. The SMILES string of the molecule is Cn1c(=O)n(C2CCC(=O)NC2=O)c2ccc(CCC3CCN([C@H]4CC[C@H](C=O)CC4)CC3)cc21. The van der Waals surface area contributed by atoms with Crippen LogP contribution in [0.5, 0.6) is 0 Å². The van der Waals surface area contributed by atoms with E-state index >= 15 is 0 Å². The maximum Gasteiger partial charge on any atom is 0.329 e. The summed E-state index contributed by atoms with van der Waals surface area (Å²) in [6, 6.07) is 6.12. The van der Waals surface area contributed by atoms with Gasteiger partial charge in [-0.3, -0.25) is 24.0 Å². The van der Waals surface area contributed by atoms with Crippen LogP contribution in [0.1, 0.15) is 69.4 Å². The molecule has 35 heavy (non-hydrogen) atoms. The molecule has 0 bridgehead atoms. The molecule has 8 nitrogen and oxygen atoms in total. The monoisotopic (exact) mass is 480 g/mol. The molecule has 2 aliphatic heterocycles. The molecule has 5 rings (SSSR count). The van der Waals surface area contributed by atoms with Crippen LogP contribution in [0.4, 0.5) is 0 Å². The molecular formula is C27H36N4O4. The van der Waals surface area contributed by atoms with Crippen molar-refractivity contribution in [2.24, 2.45) is 18.9 Å². The number of piperidine rings is 2. The Morgan fingerprint density at radius 3 is 2.40 bits per heavy atom. The maximum absolute atomic E-state index is 13.0. The molecule has 2 saturated heterocycles. The summed E-state index contributed by atoms with van der Waals surface area (Å²) in [6.07, 6.45) is 10.7. The Balaban J connectivity index is 1.20. The van der Waals surface area contributed by atoms with Crippen molar-refractivity contribution in [2.45, 2.75) is 76.3 Å². The molecular weight excluding hydrogens is 444 g/mol. The number of hydrogen-bond acceptors (Lipinski definition) is 5. The standard InChI is InChI=1S/C27H36N4O4/c1-29-24-16-19(6-9-22(24)31(27(29)35)23-10-11-25(33)28-26(23)34)3-2-18-12-14-30(15-13-18)21-7-4-20(17-32)5-8-21/h6,9,16-18,20-21,23H,2-5,7-8,10-15H2,1H3,(H,28,33,34)/t20-,21-,23?. The van der Waals surface area contributed by atoms with Gasteiger partial charge < -0.3 is 9.69 Å². The van der Waals surface area contributed by atoms with E-state index in [9.17, 15) is 19.2 Å². The fraction of sp³-hybridized carbons (Fsp3) is 0.630. The van der Waals surface area contributed by atoms with Crippen LogP contribution in [-0.2, 0) is 27.9 Å². The van der Waals surface area contributed by atoms with Crippen molar-refractivity contribution < 1.29 is 14.4 Å². The molecule has 3 heterocycles. The number of aryl methyl sites for hydroxylation is 2. The molecule has 1 atom stereocenters. The largest absolute Gasteiger partial charge is 0.329 e. The molecule has 1 aromatic heterocycles. The smallest absolute Gasteiger partial charge is 0.303 e. The van der Waals surface area contributed by atoms with Gasteiger partial charge in [0, 0.05) is 25.4 Å². The van der Waals surface area contributed by atoms with Gasteiger partial charge in [-0.05, 0) is 94.5 Å². The van der Waals surface area contributed by atoms with E-state index in [0.717, 1.165) is 68.9 Å². The summed E-state index contributed by atoms with van der Waals surface area (Å²) in [4.78, 5) is 50.6. The minimum Gasteiger partial charge on any atom is -0.303 e. The van der Waals surface area contributed by atoms with Crippen molar-refractivity contribution in [2.75, 3.05) is 13.1 Å². The molecule has 8 heteroatoms. The average molecular weight is 481 g/mol. The van der Waals surface area contributed by atoms with E-state index < -0.39 is 11.9 Å². The molecule has 3 aliphatic rings. The van der Waals surface area contributed by atoms with Gasteiger partial charge in [-0.1, -0.05) is 6.07 Å². The Morgan fingerprint density at radius 2 is 1.71 bits per heavy atom. The topological polar surface area (TPSA) is 93.4 Å². The number of carbonyl (C=O) groups excluding carboxylic acids is 3. The second-order valence-corrected chi connectivity index (χ2v) is 10.7. The molecule has 3 fully saturated rings. The predicted octanol–water partition coefficient (Wildman–Crippen LogP) is 2.72. The first-order valence-electron chi connectivity index (χ1n) is 13.2. The van der Waals surface area contributed by atoms with Gasteiger partial charge in [-0.2, -0.15) is 0 Å². The number of fused-ring (bicyclic) bond motifs is 1. The molecule has 188 valence electrons. The number of amides is 2. The van der Waals surface area contributed by atoms with Crippen molar-refractivity contribution in [1.29, 1.82) is 0 Å². The minimum atomic E-state index is -0.645. The molecule has 1 unspecified atom stereocenters. The minimum absolute atomic E-state index is 0.221. The summed E-state index contributed by atoms with van der Waals surface area (Å²) in [5, 5.41) is 2.36. The number of aromatic nitrogens is 2. The molecule has 1 aromatic carbocycles. The summed E-state index contributed by atoms with van der Waals surface area (Å²) >= 11 is 0. The number of rotatable bonds is 6. The molecule has 1 N–H and O–H groups in total. The molecule has 0 radical (unpaired) electrons. The summed E-state index contributed by atoms with van der Waals surface area (Å²) in [6.45, 7) is 2.31. The normalized spacial score (nSPS) is 26.7. The number of hydrogen-bond donors (Lipinski definition) is 1. The molecule has 1 aliphatic carbocycles. The predicted molar refractivity (Wildman–Crippen MR) is 133 cm³/mol. The summed E-state index contributed by atoms with van der Waals surface area (Å²) in [5.41, 5.74) is 2.57.